The minimum Gasteiger partial charge on any atom is -0.352 e. The lowest BCUT2D eigenvalue weighted by molar-refractivity contribution is -0.121. The Labute approximate surface area is 167 Å². The topological polar surface area (TPSA) is 87.3 Å². The van der Waals surface area contributed by atoms with Crippen molar-refractivity contribution in [2.45, 2.75) is 26.3 Å². The summed E-state index contributed by atoms with van der Waals surface area (Å²) in [5.74, 6) is -2.74. The third-order valence-electron chi connectivity index (χ3n) is 4.06. The molecule has 0 atom stereocenters. The van der Waals surface area contributed by atoms with E-state index in [1.165, 1.54) is 0 Å². The molecule has 6 nitrogen and oxygen atoms in total. The van der Waals surface area contributed by atoms with E-state index >= 15 is 0 Å². The van der Waals surface area contributed by atoms with Crippen molar-refractivity contribution in [2.75, 3.05) is 13.1 Å². The van der Waals surface area contributed by atoms with Gasteiger partial charge in [-0.25, -0.2) is 8.78 Å². The summed E-state index contributed by atoms with van der Waals surface area (Å²) in [5.41, 5.74) is 1.07. The minimum atomic E-state index is -0.935. The summed E-state index contributed by atoms with van der Waals surface area (Å²) < 4.78 is 26.4. The van der Waals surface area contributed by atoms with Crippen molar-refractivity contribution in [3.63, 3.8) is 0 Å². The van der Waals surface area contributed by atoms with Crippen molar-refractivity contribution in [1.29, 1.82) is 0 Å². The van der Waals surface area contributed by atoms with E-state index in [1.54, 1.807) is 24.3 Å². The molecule has 0 heterocycles. The van der Waals surface area contributed by atoms with Crippen molar-refractivity contribution in [2.24, 2.45) is 0 Å². The van der Waals surface area contributed by atoms with Gasteiger partial charge >= 0.3 is 0 Å². The highest BCUT2D eigenvalue weighted by Gasteiger charge is 2.12. The standard InChI is InChI=1S/C21H23F2N3O3/c1-2-24-20(28)15-6-3-5-14(11-15)13-26-19(27)7-4-10-25-21(29)17-9-8-16(22)12-18(17)23/h3,5-6,8-9,11-12H,2,4,7,10,13H2,1H3,(H,24,28)(H,25,29)(H,26,27). The van der Waals surface area contributed by atoms with Crippen LogP contribution < -0.4 is 16.0 Å². The van der Waals surface area contributed by atoms with Crippen LogP contribution in [0.15, 0.2) is 42.5 Å². The number of nitrogens with one attached hydrogen (secondary N) is 3. The second-order valence-electron chi connectivity index (χ2n) is 6.32. The zero-order valence-corrected chi connectivity index (χ0v) is 16.1. The number of carbonyl (C=O) groups excluding carboxylic acids is 3. The van der Waals surface area contributed by atoms with Crippen LogP contribution in [0.2, 0.25) is 0 Å². The molecule has 2 aromatic carbocycles. The highest BCUT2D eigenvalue weighted by molar-refractivity contribution is 5.94. The first-order chi connectivity index (χ1) is 13.9. The average molecular weight is 403 g/mol. The Morgan fingerprint density at radius 2 is 1.72 bits per heavy atom. The zero-order valence-electron chi connectivity index (χ0n) is 16.1. The molecule has 0 aliphatic rings. The fourth-order valence-electron chi connectivity index (χ4n) is 2.59. The molecule has 3 amide bonds. The SMILES string of the molecule is CCNC(=O)c1cccc(CNC(=O)CCCNC(=O)c2ccc(F)cc2F)c1. The predicted octanol–water partition coefficient (Wildman–Crippen LogP) is 2.54. The first kappa shape index (κ1) is 22.0. The van der Waals surface area contributed by atoms with Gasteiger partial charge in [-0.05, 0) is 43.2 Å². The van der Waals surface area contributed by atoms with Crippen molar-refractivity contribution < 1.29 is 23.2 Å². The lowest BCUT2D eigenvalue weighted by Gasteiger charge is -2.08. The van der Waals surface area contributed by atoms with Gasteiger partial charge in [0.15, 0.2) is 0 Å². The summed E-state index contributed by atoms with van der Waals surface area (Å²) in [6.45, 7) is 2.82. The monoisotopic (exact) mass is 403 g/mol. The quantitative estimate of drug-likeness (QED) is 0.563. The smallest absolute Gasteiger partial charge is 0.254 e. The van der Waals surface area contributed by atoms with Gasteiger partial charge in [0.2, 0.25) is 5.91 Å². The second kappa shape index (κ2) is 10.9. The molecule has 0 spiro atoms. The maximum Gasteiger partial charge on any atom is 0.254 e. The highest BCUT2D eigenvalue weighted by Crippen LogP contribution is 2.09. The fraction of sp³-hybridized carbons (Fsp3) is 0.286. The molecule has 0 aliphatic heterocycles. The minimum absolute atomic E-state index is 0.169. The maximum atomic E-state index is 13.5. The normalized spacial score (nSPS) is 10.3. The Bertz CT molecular complexity index is 887. The molecule has 0 saturated heterocycles. The van der Waals surface area contributed by atoms with Gasteiger partial charge in [-0.1, -0.05) is 12.1 Å². The fourth-order valence-corrected chi connectivity index (χ4v) is 2.59. The van der Waals surface area contributed by atoms with Crippen LogP contribution in [0.1, 0.15) is 46.0 Å². The van der Waals surface area contributed by atoms with Crippen LogP contribution in [0, 0.1) is 11.6 Å². The van der Waals surface area contributed by atoms with E-state index in [2.05, 4.69) is 16.0 Å². The Morgan fingerprint density at radius 1 is 0.931 bits per heavy atom. The Hall–Kier alpha value is -3.29. The first-order valence-corrected chi connectivity index (χ1v) is 9.27. The molecule has 2 rings (SSSR count). The Balaban J connectivity index is 1.72. The van der Waals surface area contributed by atoms with Gasteiger partial charge in [0.25, 0.3) is 11.8 Å². The van der Waals surface area contributed by atoms with Gasteiger partial charge in [-0.15, -0.1) is 0 Å². The lowest BCUT2D eigenvalue weighted by atomic mass is 10.1. The van der Waals surface area contributed by atoms with E-state index in [-0.39, 0.29) is 36.9 Å². The summed E-state index contributed by atoms with van der Waals surface area (Å²) >= 11 is 0. The van der Waals surface area contributed by atoms with E-state index in [4.69, 9.17) is 0 Å². The van der Waals surface area contributed by atoms with Gasteiger partial charge in [0.05, 0.1) is 5.56 Å². The molecule has 0 aliphatic carbocycles. The number of hydrogen-bond donors (Lipinski definition) is 3. The third-order valence-corrected chi connectivity index (χ3v) is 4.06. The van der Waals surface area contributed by atoms with Crippen molar-refractivity contribution in [1.82, 2.24) is 16.0 Å². The van der Waals surface area contributed by atoms with Crippen LogP contribution in [-0.4, -0.2) is 30.8 Å². The number of carbonyl (C=O) groups is 3. The largest absolute Gasteiger partial charge is 0.352 e. The maximum absolute atomic E-state index is 13.5. The number of hydrogen-bond acceptors (Lipinski definition) is 3. The van der Waals surface area contributed by atoms with E-state index < -0.39 is 17.5 Å². The Morgan fingerprint density at radius 3 is 2.45 bits per heavy atom. The van der Waals surface area contributed by atoms with E-state index in [0.717, 1.165) is 17.7 Å². The van der Waals surface area contributed by atoms with Crippen LogP contribution in [0.3, 0.4) is 0 Å². The Kier molecular flexibility index (Phi) is 8.27. The number of rotatable bonds is 9. The molecule has 0 fully saturated rings. The molecule has 0 aromatic heterocycles. The molecule has 2 aromatic rings. The van der Waals surface area contributed by atoms with E-state index in [9.17, 15) is 23.2 Å². The summed E-state index contributed by atoms with van der Waals surface area (Å²) in [7, 11) is 0. The summed E-state index contributed by atoms with van der Waals surface area (Å²) in [4.78, 5) is 35.6. The van der Waals surface area contributed by atoms with Gasteiger partial charge in [0, 0.05) is 37.7 Å². The molecule has 0 radical (unpaired) electrons. The third kappa shape index (κ3) is 6.99. The highest BCUT2D eigenvalue weighted by atomic mass is 19.1. The molecule has 29 heavy (non-hydrogen) atoms. The molecule has 0 unspecified atom stereocenters. The lowest BCUT2D eigenvalue weighted by Crippen LogP contribution is -2.28. The molecule has 8 heteroatoms. The van der Waals surface area contributed by atoms with E-state index in [1.807, 2.05) is 6.92 Å². The molecular weight excluding hydrogens is 380 g/mol. The molecular formula is C21H23F2N3O3. The zero-order chi connectivity index (χ0) is 21.2. The van der Waals surface area contributed by atoms with Crippen LogP contribution in [0.25, 0.3) is 0 Å². The van der Waals surface area contributed by atoms with Crippen LogP contribution >= 0.6 is 0 Å². The van der Waals surface area contributed by atoms with Crippen molar-refractivity contribution in [3.05, 3.63) is 70.8 Å². The average Bonchev–Trinajstić information content (AvgIpc) is 2.70. The summed E-state index contributed by atoms with van der Waals surface area (Å²) in [5, 5.41) is 7.95. The summed E-state index contributed by atoms with van der Waals surface area (Å²) in [6.07, 6.45) is 0.529. The van der Waals surface area contributed by atoms with Crippen LogP contribution in [0.5, 0.6) is 0 Å². The number of benzene rings is 2. The van der Waals surface area contributed by atoms with Crippen LogP contribution in [0.4, 0.5) is 8.78 Å². The van der Waals surface area contributed by atoms with Crippen molar-refractivity contribution >= 4 is 17.7 Å². The van der Waals surface area contributed by atoms with Gasteiger partial charge in [-0.3, -0.25) is 14.4 Å². The first-order valence-electron chi connectivity index (χ1n) is 9.27. The van der Waals surface area contributed by atoms with E-state index in [0.29, 0.717) is 24.6 Å². The second-order valence-corrected chi connectivity index (χ2v) is 6.32. The predicted molar refractivity (Wildman–Crippen MR) is 104 cm³/mol. The molecule has 0 saturated carbocycles. The van der Waals surface area contributed by atoms with Gasteiger partial charge < -0.3 is 16.0 Å². The van der Waals surface area contributed by atoms with Gasteiger partial charge in [-0.2, -0.15) is 0 Å². The molecule has 0 bridgehead atoms. The molecule has 3 N–H and O–H groups in total. The number of halogens is 2. The van der Waals surface area contributed by atoms with Crippen molar-refractivity contribution in [3.8, 4) is 0 Å². The summed E-state index contributed by atoms with van der Waals surface area (Å²) in [6, 6.07) is 9.68. The van der Waals surface area contributed by atoms with Crippen LogP contribution in [-0.2, 0) is 11.3 Å². The number of amides is 3. The van der Waals surface area contributed by atoms with Gasteiger partial charge in [0.1, 0.15) is 11.6 Å². The molecule has 154 valence electrons.